The molecule has 1 fully saturated rings. The molecule has 15 heavy (non-hydrogen) atoms. The number of hydrogen-bond acceptors (Lipinski definition) is 1. The lowest BCUT2D eigenvalue weighted by Gasteiger charge is -2.12. The molecule has 0 bridgehead atoms. The lowest BCUT2D eigenvalue weighted by atomic mass is 9.91. The largest absolute Gasteiger partial charge is 0.316 e. The number of rotatable bonds is 0. The molecule has 1 N–H and O–H groups in total. The molecule has 80 valence electrons. The van der Waals surface area contributed by atoms with E-state index in [1.807, 2.05) is 6.07 Å². The molecule has 0 aromatic heterocycles. The van der Waals surface area contributed by atoms with E-state index in [2.05, 4.69) is 18.3 Å². The Balaban J connectivity index is 2.20. The molecule has 1 saturated heterocycles. The van der Waals surface area contributed by atoms with Gasteiger partial charge in [0, 0.05) is 12.5 Å². The summed E-state index contributed by atoms with van der Waals surface area (Å²) >= 11 is 12.4. The third-order valence-electron chi connectivity index (χ3n) is 3.93. The van der Waals surface area contributed by atoms with Crippen LogP contribution in [0.2, 0.25) is 10.0 Å². The fourth-order valence-electron chi connectivity index (χ4n) is 3.13. The second kappa shape index (κ2) is 3.38. The third-order valence-corrected chi connectivity index (χ3v) is 4.75. The van der Waals surface area contributed by atoms with Crippen molar-refractivity contribution in [2.24, 2.45) is 5.92 Å². The Morgan fingerprint density at radius 3 is 2.87 bits per heavy atom. The lowest BCUT2D eigenvalue weighted by molar-refractivity contribution is 0.487. The monoisotopic (exact) mass is 241 g/mol. The number of nitrogens with one attached hydrogen (secondary N) is 1. The Kier molecular flexibility index (Phi) is 2.24. The average molecular weight is 242 g/mol. The minimum absolute atomic E-state index is 0.571. The fraction of sp³-hybridized carbons (Fsp3) is 0.500. The highest BCUT2D eigenvalue weighted by Gasteiger charge is 2.42. The number of benzene rings is 1. The van der Waals surface area contributed by atoms with Crippen molar-refractivity contribution in [3.63, 3.8) is 0 Å². The normalized spacial score (nSPS) is 32.9. The zero-order valence-electron chi connectivity index (χ0n) is 8.56. The van der Waals surface area contributed by atoms with E-state index in [4.69, 9.17) is 23.2 Å². The van der Waals surface area contributed by atoms with E-state index in [-0.39, 0.29) is 0 Å². The predicted molar refractivity (Wildman–Crippen MR) is 64.0 cm³/mol. The maximum Gasteiger partial charge on any atom is 0.0630 e. The van der Waals surface area contributed by atoms with Crippen LogP contribution in [-0.2, 0) is 0 Å². The van der Waals surface area contributed by atoms with Gasteiger partial charge in [0.25, 0.3) is 0 Å². The standard InChI is InChI=1S/C12H13Cl2N/c1-6-7-2-3-10(13)12(14)11(7)9-5-15-4-8(6)9/h2-3,6,8-9,15H,4-5H2,1H3. The van der Waals surface area contributed by atoms with Crippen molar-refractivity contribution in [2.75, 3.05) is 13.1 Å². The van der Waals surface area contributed by atoms with Crippen molar-refractivity contribution in [3.8, 4) is 0 Å². The van der Waals surface area contributed by atoms with Crippen molar-refractivity contribution < 1.29 is 0 Å². The van der Waals surface area contributed by atoms with Gasteiger partial charge in [-0.2, -0.15) is 0 Å². The molecule has 1 aliphatic heterocycles. The van der Waals surface area contributed by atoms with Gasteiger partial charge in [0.2, 0.25) is 0 Å². The molecule has 3 heteroatoms. The quantitative estimate of drug-likeness (QED) is 0.735. The molecule has 1 aromatic carbocycles. The Morgan fingerprint density at radius 1 is 1.27 bits per heavy atom. The predicted octanol–water partition coefficient (Wildman–Crippen LogP) is 3.41. The van der Waals surface area contributed by atoms with Gasteiger partial charge in [0.1, 0.15) is 0 Å². The molecular formula is C12H13Cl2N. The van der Waals surface area contributed by atoms with E-state index >= 15 is 0 Å². The molecule has 0 radical (unpaired) electrons. The summed E-state index contributed by atoms with van der Waals surface area (Å²) < 4.78 is 0. The maximum atomic E-state index is 6.31. The summed E-state index contributed by atoms with van der Waals surface area (Å²) in [5.41, 5.74) is 2.70. The molecule has 0 saturated carbocycles. The fourth-order valence-corrected chi connectivity index (χ4v) is 3.60. The Hall–Kier alpha value is -0.240. The van der Waals surface area contributed by atoms with Crippen LogP contribution >= 0.6 is 23.2 Å². The van der Waals surface area contributed by atoms with Gasteiger partial charge in [-0.3, -0.25) is 0 Å². The Morgan fingerprint density at radius 2 is 2.07 bits per heavy atom. The lowest BCUT2D eigenvalue weighted by Crippen LogP contribution is -2.12. The number of hydrogen-bond donors (Lipinski definition) is 1. The van der Waals surface area contributed by atoms with Crippen LogP contribution in [0.25, 0.3) is 0 Å². The van der Waals surface area contributed by atoms with Crippen molar-refractivity contribution in [3.05, 3.63) is 33.3 Å². The summed E-state index contributed by atoms with van der Waals surface area (Å²) in [6.07, 6.45) is 0. The molecule has 2 aliphatic rings. The van der Waals surface area contributed by atoms with Crippen LogP contribution in [0.1, 0.15) is 29.9 Å². The minimum atomic E-state index is 0.571. The second-order valence-electron chi connectivity index (χ2n) is 4.58. The van der Waals surface area contributed by atoms with Gasteiger partial charge in [0.15, 0.2) is 0 Å². The van der Waals surface area contributed by atoms with Crippen LogP contribution in [0, 0.1) is 5.92 Å². The first-order valence-electron chi connectivity index (χ1n) is 5.38. The van der Waals surface area contributed by atoms with Crippen LogP contribution in [0.3, 0.4) is 0 Å². The first kappa shape index (κ1) is 9.95. The molecule has 3 unspecified atom stereocenters. The molecule has 0 amide bonds. The molecule has 1 aromatic rings. The molecule has 3 rings (SSSR count). The van der Waals surface area contributed by atoms with Crippen LogP contribution in [0.4, 0.5) is 0 Å². The molecule has 0 spiro atoms. The van der Waals surface area contributed by atoms with Gasteiger partial charge in [-0.25, -0.2) is 0 Å². The van der Waals surface area contributed by atoms with Crippen molar-refractivity contribution in [2.45, 2.75) is 18.8 Å². The zero-order valence-corrected chi connectivity index (χ0v) is 10.1. The van der Waals surface area contributed by atoms with Gasteiger partial charge < -0.3 is 5.32 Å². The van der Waals surface area contributed by atoms with Crippen LogP contribution < -0.4 is 5.32 Å². The Bertz CT molecular complexity index is 416. The van der Waals surface area contributed by atoms with E-state index in [9.17, 15) is 0 Å². The second-order valence-corrected chi connectivity index (χ2v) is 5.37. The summed E-state index contributed by atoms with van der Waals surface area (Å²) in [4.78, 5) is 0. The average Bonchev–Trinajstić information content (AvgIpc) is 2.76. The highest BCUT2D eigenvalue weighted by molar-refractivity contribution is 6.42. The summed E-state index contributed by atoms with van der Waals surface area (Å²) in [5.74, 6) is 1.88. The van der Waals surface area contributed by atoms with E-state index in [1.54, 1.807) is 0 Å². The van der Waals surface area contributed by atoms with Gasteiger partial charge in [0.05, 0.1) is 10.0 Å². The summed E-state index contributed by atoms with van der Waals surface area (Å²) in [6, 6.07) is 4.07. The smallest absolute Gasteiger partial charge is 0.0630 e. The van der Waals surface area contributed by atoms with Gasteiger partial charge in [-0.05, 0) is 35.6 Å². The van der Waals surface area contributed by atoms with Gasteiger partial charge in [-0.1, -0.05) is 36.2 Å². The summed E-state index contributed by atoms with van der Waals surface area (Å²) in [7, 11) is 0. The van der Waals surface area contributed by atoms with Crippen molar-refractivity contribution in [1.82, 2.24) is 5.32 Å². The summed E-state index contributed by atoms with van der Waals surface area (Å²) in [5, 5.41) is 4.91. The highest BCUT2D eigenvalue weighted by Crippen LogP contribution is 2.51. The van der Waals surface area contributed by atoms with E-state index < -0.39 is 0 Å². The van der Waals surface area contributed by atoms with Crippen molar-refractivity contribution in [1.29, 1.82) is 0 Å². The summed E-state index contributed by atoms with van der Waals surface area (Å²) in [6.45, 7) is 4.44. The third kappa shape index (κ3) is 1.27. The van der Waals surface area contributed by atoms with Crippen LogP contribution in [0.15, 0.2) is 12.1 Å². The number of halogens is 2. The van der Waals surface area contributed by atoms with E-state index in [1.165, 1.54) is 11.1 Å². The van der Waals surface area contributed by atoms with Crippen LogP contribution in [-0.4, -0.2) is 13.1 Å². The van der Waals surface area contributed by atoms with E-state index in [0.29, 0.717) is 22.8 Å². The van der Waals surface area contributed by atoms with Gasteiger partial charge in [-0.15, -0.1) is 0 Å². The first-order chi connectivity index (χ1) is 7.20. The van der Waals surface area contributed by atoms with Crippen LogP contribution in [0.5, 0.6) is 0 Å². The molecule has 3 atom stereocenters. The molecular weight excluding hydrogens is 229 g/mol. The highest BCUT2D eigenvalue weighted by atomic mass is 35.5. The molecule has 1 aliphatic carbocycles. The zero-order chi connectivity index (χ0) is 10.6. The SMILES string of the molecule is CC1c2ccc(Cl)c(Cl)c2C2CNCC12. The van der Waals surface area contributed by atoms with E-state index in [0.717, 1.165) is 18.1 Å². The first-order valence-corrected chi connectivity index (χ1v) is 6.14. The van der Waals surface area contributed by atoms with Gasteiger partial charge >= 0.3 is 0 Å². The maximum absolute atomic E-state index is 6.31. The molecule has 1 nitrogen and oxygen atoms in total. The number of fused-ring (bicyclic) bond motifs is 3. The van der Waals surface area contributed by atoms with Crippen molar-refractivity contribution >= 4 is 23.2 Å². The molecule has 1 heterocycles. The topological polar surface area (TPSA) is 12.0 Å². The minimum Gasteiger partial charge on any atom is -0.316 e. The Labute approximate surface area is 99.8 Å².